The molecule has 2 aromatic carbocycles. The van der Waals surface area contributed by atoms with E-state index in [0.29, 0.717) is 5.92 Å². The first-order valence-electron chi connectivity index (χ1n) is 5.53. The number of hydrogen-bond donors (Lipinski definition) is 0. The molecule has 0 heterocycles. The quantitative estimate of drug-likeness (QED) is 0.702. The molecular weight excluding hydrogens is 260 g/mol. The minimum atomic E-state index is 0.538. The minimum absolute atomic E-state index is 0.538. The molecule has 2 rings (SSSR count). The van der Waals surface area contributed by atoms with Gasteiger partial charge >= 0.3 is 0 Å². The zero-order valence-electron chi connectivity index (χ0n) is 9.36. The van der Waals surface area contributed by atoms with Crippen LogP contribution in [-0.4, -0.2) is 5.33 Å². The summed E-state index contributed by atoms with van der Waals surface area (Å²) < 4.78 is 0. The van der Waals surface area contributed by atoms with Crippen molar-refractivity contribution in [2.75, 3.05) is 5.33 Å². The van der Waals surface area contributed by atoms with E-state index in [9.17, 15) is 0 Å². The normalized spacial score (nSPS) is 12.4. The van der Waals surface area contributed by atoms with E-state index in [1.54, 1.807) is 0 Å². The maximum absolute atomic E-state index is 3.56. The molecule has 82 valence electrons. The molecular formula is C15H15Br. The molecule has 0 N–H and O–H groups in total. The average molecular weight is 275 g/mol. The van der Waals surface area contributed by atoms with Gasteiger partial charge in [-0.25, -0.2) is 0 Å². The summed E-state index contributed by atoms with van der Waals surface area (Å²) in [7, 11) is 0. The summed E-state index contributed by atoms with van der Waals surface area (Å²) in [6.45, 7) is 2.25. The van der Waals surface area contributed by atoms with Crippen LogP contribution in [0.4, 0.5) is 0 Å². The largest absolute Gasteiger partial charge is 0.0922 e. The molecule has 0 aliphatic carbocycles. The van der Waals surface area contributed by atoms with Crippen molar-refractivity contribution in [3.05, 3.63) is 60.2 Å². The predicted molar refractivity (Wildman–Crippen MR) is 74.1 cm³/mol. The molecule has 0 aromatic heterocycles. The third-order valence-corrected chi connectivity index (χ3v) is 3.78. The molecule has 2 aromatic rings. The van der Waals surface area contributed by atoms with Gasteiger partial charge in [0, 0.05) is 5.33 Å². The molecule has 0 amide bonds. The lowest BCUT2D eigenvalue weighted by Crippen LogP contribution is -1.97. The number of hydrogen-bond acceptors (Lipinski definition) is 0. The van der Waals surface area contributed by atoms with Gasteiger partial charge < -0.3 is 0 Å². The standard InChI is InChI=1S/C15H15Br/c1-12(11-16)14-9-5-6-10-15(14)13-7-3-2-4-8-13/h2-10,12H,11H2,1H3. The molecule has 0 fully saturated rings. The summed E-state index contributed by atoms with van der Waals surface area (Å²) in [5.41, 5.74) is 4.05. The van der Waals surface area contributed by atoms with Crippen LogP contribution < -0.4 is 0 Å². The van der Waals surface area contributed by atoms with Crippen LogP contribution in [0, 0.1) is 0 Å². The van der Waals surface area contributed by atoms with Crippen molar-refractivity contribution in [2.45, 2.75) is 12.8 Å². The summed E-state index contributed by atoms with van der Waals surface area (Å²) >= 11 is 3.56. The van der Waals surface area contributed by atoms with Crippen molar-refractivity contribution < 1.29 is 0 Å². The van der Waals surface area contributed by atoms with Crippen molar-refractivity contribution >= 4 is 15.9 Å². The molecule has 1 heteroatoms. The van der Waals surface area contributed by atoms with E-state index in [4.69, 9.17) is 0 Å². The molecule has 1 atom stereocenters. The van der Waals surface area contributed by atoms with Gasteiger partial charge in [-0.15, -0.1) is 0 Å². The predicted octanol–water partition coefficient (Wildman–Crippen LogP) is 4.85. The highest BCUT2D eigenvalue weighted by atomic mass is 79.9. The Bertz CT molecular complexity index is 448. The van der Waals surface area contributed by atoms with Crippen LogP contribution in [0.3, 0.4) is 0 Å². The van der Waals surface area contributed by atoms with Crippen LogP contribution in [0.25, 0.3) is 11.1 Å². The SMILES string of the molecule is CC(CBr)c1ccccc1-c1ccccc1. The van der Waals surface area contributed by atoms with Crippen LogP contribution in [0.2, 0.25) is 0 Å². The van der Waals surface area contributed by atoms with Gasteiger partial charge in [-0.3, -0.25) is 0 Å². The Morgan fingerprint density at radius 3 is 2.25 bits per heavy atom. The second kappa shape index (κ2) is 5.31. The summed E-state index contributed by atoms with van der Waals surface area (Å²) in [6.07, 6.45) is 0. The van der Waals surface area contributed by atoms with E-state index in [1.165, 1.54) is 16.7 Å². The van der Waals surface area contributed by atoms with E-state index in [2.05, 4.69) is 77.5 Å². The van der Waals surface area contributed by atoms with E-state index in [0.717, 1.165) is 5.33 Å². The molecule has 0 nitrogen and oxygen atoms in total. The first-order valence-corrected chi connectivity index (χ1v) is 6.65. The first kappa shape index (κ1) is 11.4. The Morgan fingerprint density at radius 1 is 0.938 bits per heavy atom. The molecule has 16 heavy (non-hydrogen) atoms. The maximum Gasteiger partial charge on any atom is 0.00978 e. The van der Waals surface area contributed by atoms with Crippen molar-refractivity contribution in [1.82, 2.24) is 0 Å². The molecule has 0 spiro atoms. The van der Waals surface area contributed by atoms with Gasteiger partial charge in [-0.1, -0.05) is 77.5 Å². The highest BCUT2D eigenvalue weighted by Gasteiger charge is 2.09. The topological polar surface area (TPSA) is 0 Å². The van der Waals surface area contributed by atoms with E-state index >= 15 is 0 Å². The van der Waals surface area contributed by atoms with Gasteiger partial charge in [0.15, 0.2) is 0 Å². The number of halogens is 1. The van der Waals surface area contributed by atoms with Gasteiger partial charge in [0.05, 0.1) is 0 Å². The fraction of sp³-hybridized carbons (Fsp3) is 0.200. The van der Waals surface area contributed by atoms with Gasteiger partial charge in [-0.05, 0) is 22.6 Å². The van der Waals surface area contributed by atoms with Crippen molar-refractivity contribution in [1.29, 1.82) is 0 Å². The van der Waals surface area contributed by atoms with Crippen LogP contribution in [0.15, 0.2) is 54.6 Å². The molecule has 0 radical (unpaired) electrons. The van der Waals surface area contributed by atoms with E-state index in [1.807, 2.05) is 0 Å². The Hall–Kier alpha value is -1.08. The summed E-state index contributed by atoms with van der Waals surface area (Å²) in [5, 5.41) is 0.997. The van der Waals surface area contributed by atoms with E-state index in [-0.39, 0.29) is 0 Å². The molecule has 0 bridgehead atoms. The Kier molecular flexibility index (Phi) is 3.79. The Morgan fingerprint density at radius 2 is 1.56 bits per heavy atom. The number of rotatable bonds is 3. The lowest BCUT2D eigenvalue weighted by Gasteiger charge is -2.14. The van der Waals surface area contributed by atoms with E-state index < -0.39 is 0 Å². The van der Waals surface area contributed by atoms with Crippen molar-refractivity contribution in [2.24, 2.45) is 0 Å². The summed E-state index contributed by atoms with van der Waals surface area (Å²) in [5.74, 6) is 0.538. The fourth-order valence-corrected chi connectivity index (χ4v) is 2.24. The number of alkyl halides is 1. The second-order valence-electron chi connectivity index (χ2n) is 4.01. The Balaban J connectivity index is 2.49. The third kappa shape index (κ3) is 2.35. The lowest BCUT2D eigenvalue weighted by atomic mass is 9.93. The van der Waals surface area contributed by atoms with Crippen LogP contribution >= 0.6 is 15.9 Å². The molecule has 0 saturated heterocycles. The average Bonchev–Trinajstić information content (AvgIpc) is 2.39. The van der Waals surface area contributed by atoms with Crippen LogP contribution in [-0.2, 0) is 0 Å². The molecule has 0 aliphatic heterocycles. The fourth-order valence-electron chi connectivity index (χ4n) is 1.89. The van der Waals surface area contributed by atoms with Gasteiger partial charge in [0.2, 0.25) is 0 Å². The van der Waals surface area contributed by atoms with Crippen LogP contribution in [0.5, 0.6) is 0 Å². The summed E-state index contributed by atoms with van der Waals surface area (Å²) in [4.78, 5) is 0. The van der Waals surface area contributed by atoms with Gasteiger partial charge in [-0.2, -0.15) is 0 Å². The van der Waals surface area contributed by atoms with Gasteiger partial charge in [0.25, 0.3) is 0 Å². The molecule has 1 unspecified atom stereocenters. The highest BCUT2D eigenvalue weighted by Crippen LogP contribution is 2.29. The highest BCUT2D eigenvalue weighted by molar-refractivity contribution is 9.09. The van der Waals surface area contributed by atoms with Crippen molar-refractivity contribution in [3.63, 3.8) is 0 Å². The number of benzene rings is 2. The summed E-state index contributed by atoms with van der Waals surface area (Å²) in [6, 6.07) is 19.2. The zero-order valence-corrected chi connectivity index (χ0v) is 10.9. The minimum Gasteiger partial charge on any atom is -0.0922 e. The third-order valence-electron chi connectivity index (χ3n) is 2.81. The second-order valence-corrected chi connectivity index (χ2v) is 4.66. The van der Waals surface area contributed by atoms with Crippen molar-refractivity contribution in [3.8, 4) is 11.1 Å². The zero-order chi connectivity index (χ0) is 11.4. The first-order chi connectivity index (χ1) is 7.83. The maximum atomic E-state index is 3.56. The molecule has 0 saturated carbocycles. The Labute approximate surface area is 105 Å². The monoisotopic (exact) mass is 274 g/mol. The lowest BCUT2D eigenvalue weighted by molar-refractivity contribution is 0.890. The smallest absolute Gasteiger partial charge is 0.00978 e. The molecule has 0 aliphatic rings. The van der Waals surface area contributed by atoms with Crippen LogP contribution in [0.1, 0.15) is 18.4 Å². The van der Waals surface area contributed by atoms with Gasteiger partial charge in [0.1, 0.15) is 0 Å².